The van der Waals surface area contributed by atoms with E-state index in [1.54, 1.807) is 62.6 Å². The fraction of sp³-hybridized carbons (Fsp3) is 0.160. The summed E-state index contributed by atoms with van der Waals surface area (Å²) in [6.45, 7) is 2.10. The van der Waals surface area contributed by atoms with Crippen molar-refractivity contribution in [1.29, 1.82) is 0 Å². The number of halogens is 3. The Hall–Kier alpha value is -4.34. The minimum atomic E-state index is -4.44. The molecule has 180 valence electrons. The van der Waals surface area contributed by atoms with E-state index in [1.165, 1.54) is 16.8 Å². The third kappa shape index (κ3) is 5.43. The number of anilines is 1. The maximum absolute atomic E-state index is 13.0. The van der Waals surface area contributed by atoms with Crippen molar-refractivity contribution in [2.75, 3.05) is 19.0 Å². The predicted molar refractivity (Wildman–Crippen MR) is 124 cm³/mol. The van der Waals surface area contributed by atoms with Gasteiger partial charge in [-0.2, -0.15) is 18.2 Å². The van der Waals surface area contributed by atoms with E-state index in [1.807, 2.05) is 0 Å². The van der Waals surface area contributed by atoms with Crippen molar-refractivity contribution in [2.24, 2.45) is 0 Å². The molecule has 1 aromatic heterocycles. The number of hydrogen-bond donors (Lipinski definition) is 1. The number of aromatic nitrogens is 3. The van der Waals surface area contributed by atoms with E-state index in [2.05, 4.69) is 15.4 Å². The van der Waals surface area contributed by atoms with Crippen LogP contribution in [-0.4, -0.2) is 34.4 Å². The van der Waals surface area contributed by atoms with Crippen molar-refractivity contribution >= 4 is 11.6 Å². The molecule has 0 aliphatic heterocycles. The predicted octanol–water partition coefficient (Wildman–Crippen LogP) is 5.61. The zero-order chi connectivity index (χ0) is 25.0. The third-order valence-corrected chi connectivity index (χ3v) is 5.05. The second-order valence-electron chi connectivity index (χ2n) is 7.37. The highest BCUT2D eigenvalue weighted by Crippen LogP contribution is 2.31. The maximum atomic E-state index is 13.0. The molecule has 1 amide bonds. The zero-order valence-electron chi connectivity index (χ0n) is 18.8. The molecule has 0 radical (unpaired) electrons. The smallest absolute Gasteiger partial charge is 0.416 e. The van der Waals surface area contributed by atoms with Crippen molar-refractivity contribution in [1.82, 2.24) is 14.8 Å². The van der Waals surface area contributed by atoms with Crippen molar-refractivity contribution in [3.63, 3.8) is 0 Å². The van der Waals surface area contributed by atoms with E-state index < -0.39 is 11.7 Å². The molecule has 0 aliphatic rings. The summed E-state index contributed by atoms with van der Waals surface area (Å²) in [5.41, 5.74) is 1.29. The first kappa shape index (κ1) is 23.8. The van der Waals surface area contributed by atoms with Crippen LogP contribution in [0.1, 0.15) is 22.8 Å². The summed E-state index contributed by atoms with van der Waals surface area (Å²) in [6, 6.07) is 18.3. The van der Waals surface area contributed by atoms with Gasteiger partial charge in [-0.05, 0) is 67.6 Å². The molecule has 0 saturated heterocycles. The fourth-order valence-corrected chi connectivity index (χ4v) is 3.29. The number of alkyl halides is 3. The van der Waals surface area contributed by atoms with Gasteiger partial charge < -0.3 is 14.8 Å². The van der Waals surface area contributed by atoms with Crippen LogP contribution in [0, 0.1) is 0 Å². The van der Waals surface area contributed by atoms with Gasteiger partial charge in [0.05, 0.1) is 25.0 Å². The molecule has 4 aromatic rings. The van der Waals surface area contributed by atoms with Gasteiger partial charge in [0.15, 0.2) is 5.82 Å². The van der Waals surface area contributed by atoms with Gasteiger partial charge in [0.1, 0.15) is 5.75 Å². The van der Waals surface area contributed by atoms with Crippen LogP contribution < -0.4 is 14.8 Å². The highest BCUT2D eigenvalue weighted by molar-refractivity contribution is 6.04. The lowest BCUT2D eigenvalue weighted by Gasteiger charge is -2.10. The Morgan fingerprint density at radius 2 is 1.63 bits per heavy atom. The van der Waals surface area contributed by atoms with Crippen molar-refractivity contribution in [3.05, 3.63) is 83.9 Å². The van der Waals surface area contributed by atoms with Crippen LogP contribution in [0.4, 0.5) is 18.9 Å². The summed E-state index contributed by atoms with van der Waals surface area (Å²) in [5, 5.41) is 7.14. The normalized spacial score (nSPS) is 11.2. The number of rotatable bonds is 7. The van der Waals surface area contributed by atoms with Crippen LogP contribution in [0.15, 0.2) is 72.8 Å². The first-order chi connectivity index (χ1) is 16.8. The Balaban J connectivity index is 1.59. The van der Waals surface area contributed by atoms with Crippen LogP contribution in [0.5, 0.6) is 11.8 Å². The van der Waals surface area contributed by atoms with Gasteiger partial charge in [0.25, 0.3) is 5.91 Å². The number of methoxy groups -OCH3 is 1. The van der Waals surface area contributed by atoms with E-state index in [0.29, 0.717) is 40.7 Å². The Morgan fingerprint density at radius 3 is 2.20 bits per heavy atom. The van der Waals surface area contributed by atoms with Crippen LogP contribution >= 0.6 is 0 Å². The first-order valence-corrected chi connectivity index (χ1v) is 10.6. The lowest BCUT2D eigenvalue weighted by Crippen LogP contribution is -2.11. The summed E-state index contributed by atoms with van der Waals surface area (Å²) in [7, 11) is 1.55. The van der Waals surface area contributed by atoms with Crippen LogP contribution in [-0.2, 0) is 6.18 Å². The van der Waals surface area contributed by atoms with Crippen LogP contribution in [0.2, 0.25) is 0 Å². The molecule has 0 unspecified atom stereocenters. The van der Waals surface area contributed by atoms with Crippen LogP contribution in [0.25, 0.3) is 17.1 Å². The SMILES string of the molecule is CCOc1nc(-c2ccc(C(F)(F)F)cc2)n(-c2ccc(NC(=O)c3ccc(OC)cc3)cc2)n1. The van der Waals surface area contributed by atoms with Gasteiger partial charge in [0.2, 0.25) is 0 Å². The number of nitrogens with one attached hydrogen (secondary N) is 1. The molecule has 1 heterocycles. The van der Waals surface area contributed by atoms with E-state index in [-0.39, 0.29) is 11.9 Å². The fourth-order valence-electron chi connectivity index (χ4n) is 3.29. The molecular weight excluding hydrogens is 461 g/mol. The van der Waals surface area contributed by atoms with E-state index in [0.717, 1.165) is 12.1 Å². The molecule has 3 aromatic carbocycles. The lowest BCUT2D eigenvalue weighted by atomic mass is 10.1. The minimum Gasteiger partial charge on any atom is -0.497 e. The van der Waals surface area contributed by atoms with Gasteiger partial charge in [-0.3, -0.25) is 4.79 Å². The number of benzene rings is 3. The number of carbonyl (C=O) groups is 1. The zero-order valence-corrected chi connectivity index (χ0v) is 18.8. The Morgan fingerprint density at radius 1 is 0.971 bits per heavy atom. The van der Waals surface area contributed by atoms with Gasteiger partial charge in [-0.25, -0.2) is 4.68 Å². The van der Waals surface area contributed by atoms with Gasteiger partial charge in [-0.1, -0.05) is 12.1 Å². The molecule has 35 heavy (non-hydrogen) atoms. The Bertz CT molecular complexity index is 1300. The Kier molecular flexibility index (Phi) is 6.72. The summed E-state index contributed by atoms with van der Waals surface area (Å²) in [5.74, 6) is 0.677. The molecule has 7 nitrogen and oxygen atoms in total. The second-order valence-corrected chi connectivity index (χ2v) is 7.37. The number of amides is 1. The summed E-state index contributed by atoms with van der Waals surface area (Å²) < 4.78 is 50.8. The molecule has 0 saturated carbocycles. The second kappa shape index (κ2) is 9.88. The van der Waals surface area contributed by atoms with Crippen LogP contribution in [0.3, 0.4) is 0 Å². The molecule has 0 bridgehead atoms. The minimum absolute atomic E-state index is 0.0966. The van der Waals surface area contributed by atoms with E-state index >= 15 is 0 Å². The van der Waals surface area contributed by atoms with E-state index in [4.69, 9.17) is 9.47 Å². The Labute approximate surface area is 199 Å². The van der Waals surface area contributed by atoms with Crippen molar-refractivity contribution in [3.8, 4) is 28.8 Å². The highest BCUT2D eigenvalue weighted by atomic mass is 19.4. The standard InChI is InChI=1S/C25H21F3N4O3/c1-3-35-24-30-22(16-4-8-18(9-5-16)25(26,27)28)32(31-24)20-12-10-19(11-13-20)29-23(33)17-6-14-21(34-2)15-7-17/h4-15H,3H2,1-2H3,(H,29,33). The number of carbonyl (C=O) groups excluding carboxylic acids is 1. The van der Waals surface area contributed by atoms with E-state index in [9.17, 15) is 18.0 Å². The molecular formula is C25H21F3N4O3. The topological polar surface area (TPSA) is 78.3 Å². The average Bonchev–Trinajstić information content (AvgIpc) is 3.28. The van der Waals surface area contributed by atoms with Gasteiger partial charge in [-0.15, -0.1) is 5.10 Å². The molecule has 0 aliphatic carbocycles. The monoisotopic (exact) mass is 482 g/mol. The average molecular weight is 482 g/mol. The molecule has 0 spiro atoms. The van der Waals surface area contributed by atoms with Gasteiger partial charge >= 0.3 is 12.2 Å². The number of hydrogen-bond acceptors (Lipinski definition) is 5. The maximum Gasteiger partial charge on any atom is 0.416 e. The molecule has 4 rings (SSSR count). The lowest BCUT2D eigenvalue weighted by molar-refractivity contribution is -0.137. The van der Waals surface area contributed by atoms with Crippen molar-refractivity contribution < 1.29 is 27.4 Å². The molecule has 0 fully saturated rings. The number of nitrogens with zero attached hydrogens (tertiary/aromatic N) is 3. The molecule has 1 N–H and O–H groups in total. The highest BCUT2D eigenvalue weighted by Gasteiger charge is 2.30. The quantitative estimate of drug-likeness (QED) is 0.370. The third-order valence-electron chi connectivity index (χ3n) is 5.05. The molecule has 10 heteroatoms. The molecule has 0 atom stereocenters. The summed E-state index contributed by atoms with van der Waals surface area (Å²) in [6.07, 6.45) is -4.44. The summed E-state index contributed by atoms with van der Waals surface area (Å²) in [4.78, 5) is 16.8. The largest absolute Gasteiger partial charge is 0.497 e. The van der Waals surface area contributed by atoms with Gasteiger partial charge in [0, 0.05) is 16.8 Å². The summed E-state index contributed by atoms with van der Waals surface area (Å²) >= 11 is 0. The first-order valence-electron chi connectivity index (χ1n) is 10.6. The number of ether oxygens (including phenoxy) is 2. The van der Waals surface area contributed by atoms with Crippen molar-refractivity contribution in [2.45, 2.75) is 13.1 Å².